The number of nitrogens with two attached hydrogens (primary N) is 1. The number of hydrogen-bond donors (Lipinski definition) is 2. The number of ether oxygens (including phenoxy) is 2. The summed E-state index contributed by atoms with van der Waals surface area (Å²) in [5.74, 6) is -0.834. The molecule has 2 unspecified atom stereocenters. The van der Waals surface area contributed by atoms with E-state index in [2.05, 4.69) is 74.6 Å². The Morgan fingerprint density at radius 1 is 0.448 bits per heavy atom. The summed E-state index contributed by atoms with van der Waals surface area (Å²) in [4.78, 5) is 35.1. The Bertz CT molecular complexity index is 1280. The van der Waals surface area contributed by atoms with Crippen LogP contribution < -0.4 is 5.73 Å². The van der Waals surface area contributed by atoms with Gasteiger partial charge in [0.25, 0.3) is 0 Å². The van der Waals surface area contributed by atoms with Crippen molar-refractivity contribution in [1.82, 2.24) is 0 Å². The topological polar surface area (TPSA) is 134 Å². The van der Waals surface area contributed by atoms with E-state index in [4.69, 9.17) is 24.3 Å². The first-order valence-electron chi connectivity index (χ1n) is 27.8. The van der Waals surface area contributed by atoms with Gasteiger partial charge >= 0.3 is 19.8 Å². The third-order valence-electron chi connectivity index (χ3n) is 11.9. The van der Waals surface area contributed by atoms with Gasteiger partial charge in [0.15, 0.2) is 6.10 Å². The number of allylic oxidation sites excluding steroid dienone is 10. The van der Waals surface area contributed by atoms with Gasteiger partial charge in [0, 0.05) is 19.4 Å². The van der Waals surface area contributed by atoms with Gasteiger partial charge in [0.2, 0.25) is 0 Å². The molecule has 0 saturated heterocycles. The van der Waals surface area contributed by atoms with E-state index < -0.39 is 26.5 Å². The number of rotatable bonds is 52. The van der Waals surface area contributed by atoms with Crippen LogP contribution in [0.25, 0.3) is 0 Å². The minimum absolute atomic E-state index is 0.0500. The summed E-state index contributed by atoms with van der Waals surface area (Å²) in [6.45, 7) is 3.73. The van der Waals surface area contributed by atoms with E-state index in [1.807, 2.05) is 0 Å². The first-order valence-corrected chi connectivity index (χ1v) is 29.3. The highest BCUT2D eigenvalue weighted by molar-refractivity contribution is 7.47. The average molecular weight is 962 g/mol. The second-order valence-corrected chi connectivity index (χ2v) is 19.9. The zero-order valence-electron chi connectivity index (χ0n) is 43.4. The lowest BCUT2D eigenvalue weighted by Crippen LogP contribution is -2.29. The van der Waals surface area contributed by atoms with Gasteiger partial charge < -0.3 is 20.1 Å². The second kappa shape index (κ2) is 53.1. The van der Waals surface area contributed by atoms with Gasteiger partial charge in [-0.2, -0.15) is 0 Å². The number of hydrogen-bond acceptors (Lipinski definition) is 8. The van der Waals surface area contributed by atoms with Crippen LogP contribution in [0.2, 0.25) is 0 Å². The Balaban J connectivity index is 4.03. The second-order valence-electron chi connectivity index (χ2n) is 18.4. The maximum atomic E-state index is 12.7. The van der Waals surface area contributed by atoms with Crippen molar-refractivity contribution in [3.05, 3.63) is 60.8 Å². The zero-order valence-corrected chi connectivity index (χ0v) is 44.3. The Morgan fingerprint density at radius 3 is 1.15 bits per heavy atom. The van der Waals surface area contributed by atoms with Crippen LogP contribution in [0.4, 0.5) is 0 Å². The van der Waals surface area contributed by atoms with Gasteiger partial charge in [-0.3, -0.25) is 18.6 Å². The minimum atomic E-state index is -4.39. The van der Waals surface area contributed by atoms with Gasteiger partial charge in [-0.1, -0.05) is 222 Å². The molecule has 9 nitrogen and oxygen atoms in total. The van der Waals surface area contributed by atoms with Crippen molar-refractivity contribution >= 4 is 19.8 Å². The van der Waals surface area contributed by atoms with Crippen molar-refractivity contribution in [3.63, 3.8) is 0 Å². The van der Waals surface area contributed by atoms with Crippen molar-refractivity contribution in [2.75, 3.05) is 26.4 Å². The lowest BCUT2D eigenvalue weighted by atomic mass is 10.0. The monoisotopic (exact) mass is 962 g/mol. The highest BCUT2D eigenvalue weighted by Gasteiger charge is 2.26. The van der Waals surface area contributed by atoms with Crippen LogP contribution in [0.5, 0.6) is 0 Å². The largest absolute Gasteiger partial charge is 0.472 e. The van der Waals surface area contributed by atoms with Crippen molar-refractivity contribution in [1.29, 1.82) is 0 Å². The molecule has 10 heteroatoms. The van der Waals surface area contributed by atoms with Crippen LogP contribution in [0.15, 0.2) is 60.8 Å². The van der Waals surface area contributed by atoms with Crippen molar-refractivity contribution < 1.29 is 37.6 Å². The molecule has 67 heavy (non-hydrogen) atoms. The molecule has 2 atom stereocenters. The maximum Gasteiger partial charge on any atom is 0.472 e. The highest BCUT2D eigenvalue weighted by atomic mass is 31.2. The van der Waals surface area contributed by atoms with Crippen LogP contribution in [0.3, 0.4) is 0 Å². The fraction of sp³-hybridized carbons (Fsp3) is 0.789. The molecule has 0 fully saturated rings. The molecule has 390 valence electrons. The molecule has 0 aliphatic heterocycles. The molecule has 3 N–H and O–H groups in total. The van der Waals surface area contributed by atoms with Crippen LogP contribution in [0.1, 0.15) is 258 Å². The molecular formula is C57H104NO8P. The summed E-state index contributed by atoms with van der Waals surface area (Å²) in [5, 5.41) is 0. The van der Waals surface area contributed by atoms with Gasteiger partial charge in [-0.05, 0) is 83.5 Å². The number of unbranched alkanes of at least 4 members (excludes halogenated alkanes) is 29. The Morgan fingerprint density at radius 2 is 0.776 bits per heavy atom. The minimum Gasteiger partial charge on any atom is -0.462 e. The summed E-state index contributed by atoms with van der Waals surface area (Å²) in [6.07, 6.45) is 65.4. The van der Waals surface area contributed by atoms with E-state index in [1.54, 1.807) is 0 Å². The van der Waals surface area contributed by atoms with E-state index in [9.17, 15) is 19.0 Å². The molecule has 0 aromatic carbocycles. The summed E-state index contributed by atoms with van der Waals surface area (Å²) < 4.78 is 33.0. The van der Waals surface area contributed by atoms with Gasteiger partial charge in [-0.25, -0.2) is 4.57 Å². The number of carbonyl (C=O) groups excluding carboxylic acids is 2. The Kier molecular flexibility index (Phi) is 51.3. The van der Waals surface area contributed by atoms with Gasteiger partial charge in [0.1, 0.15) is 6.61 Å². The molecule has 0 aromatic heterocycles. The fourth-order valence-electron chi connectivity index (χ4n) is 7.73. The van der Waals surface area contributed by atoms with Gasteiger partial charge in [-0.15, -0.1) is 0 Å². The molecule has 0 amide bonds. The predicted octanol–water partition coefficient (Wildman–Crippen LogP) is 17.2. The molecule has 0 saturated carbocycles. The van der Waals surface area contributed by atoms with Crippen molar-refractivity contribution in [3.8, 4) is 0 Å². The van der Waals surface area contributed by atoms with E-state index in [0.29, 0.717) is 6.42 Å². The highest BCUT2D eigenvalue weighted by Crippen LogP contribution is 2.43. The third-order valence-corrected chi connectivity index (χ3v) is 12.9. The predicted molar refractivity (Wildman–Crippen MR) is 284 cm³/mol. The summed E-state index contributed by atoms with van der Waals surface area (Å²) >= 11 is 0. The third kappa shape index (κ3) is 52.9. The molecule has 0 aliphatic rings. The van der Waals surface area contributed by atoms with E-state index in [1.165, 1.54) is 161 Å². The maximum absolute atomic E-state index is 12.7. The SMILES string of the molecule is CCCCCCC/C=C\C/C=C\C/C=C\CCCCCCCCCCC(=O)OC(COC(=O)CCCCCCCCCCCCC/C=C\C/C=C\CCCCCCC)COP(=O)(O)OCCN. The first kappa shape index (κ1) is 64.7. The lowest BCUT2D eigenvalue weighted by molar-refractivity contribution is -0.161. The Hall–Kier alpha value is -2.29. The molecule has 0 heterocycles. The molecule has 0 spiro atoms. The van der Waals surface area contributed by atoms with Crippen molar-refractivity contribution in [2.45, 2.75) is 264 Å². The summed E-state index contributed by atoms with van der Waals surface area (Å²) in [7, 11) is -4.39. The Labute approximate surface area is 412 Å². The summed E-state index contributed by atoms with van der Waals surface area (Å²) in [6, 6.07) is 0. The quantitative estimate of drug-likeness (QED) is 0.0264. The van der Waals surface area contributed by atoms with E-state index >= 15 is 0 Å². The molecule has 0 aliphatic carbocycles. The van der Waals surface area contributed by atoms with E-state index in [0.717, 1.165) is 64.2 Å². The number of phosphoric acid groups is 1. The smallest absolute Gasteiger partial charge is 0.462 e. The first-order chi connectivity index (χ1) is 32.8. The van der Waals surface area contributed by atoms with E-state index in [-0.39, 0.29) is 38.6 Å². The normalized spacial score (nSPS) is 13.6. The number of phosphoric ester groups is 1. The fourth-order valence-corrected chi connectivity index (χ4v) is 8.50. The van der Waals surface area contributed by atoms with Crippen LogP contribution in [0, 0.1) is 0 Å². The number of carbonyl (C=O) groups is 2. The molecule has 0 radical (unpaired) electrons. The number of esters is 2. The zero-order chi connectivity index (χ0) is 48.8. The molecule has 0 rings (SSSR count). The van der Waals surface area contributed by atoms with Gasteiger partial charge in [0.05, 0.1) is 13.2 Å². The molecule has 0 aromatic rings. The molecule has 0 bridgehead atoms. The van der Waals surface area contributed by atoms with Crippen LogP contribution in [-0.4, -0.2) is 49.3 Å². The van der Waals surface area contributed by atoms with Crippen LogP contribution in [-0.2, 0) is 32.7 Å². The standard InChI is InChI=1S/C57H104NO8P/c1-3-5-7-9-11-13-15-17-19-21-23-25-27-29-31-33-35-37-39-41-43-45-47-49-56(59)63-53-55(54-65-67(61,62)64-52-51-58)66-57(60)50-48-46-44-42-40-38-36-34-32-30-28-26-24-22-20-18-16-14-12-10-8-6-4-2/h15-18,21-24,28,30,55H,3-14,19-20,25-27,29,31-54,58H2,1-2H3,(H,61,62)/b17-15-,18-16-,23-21-,24-22-,30-28-. The lowest BCUT2D eigenvalue weighted by Gasteiger charge is -2.19. The summed E-state index contributed by atoms with van der Waals surface area (Å²) in [5.41, 5.74) is 5.38. The van der Waals surface area contributed by atoms with Crippen molar-refractivity contribution in [2.24, 2.45) is 5.73 Å². The average Bonchev–Trinajstić information content (AvgIpc) is 3.32. The van der Waals surface area contributed by atoms with Crippen LogP contribution >= 0.6 is 7.82 Å². The molecular weight excluding hydrogens is 858 g/mol.